The van der Waals surface area contributed by atoms with Crippen molar-refractivity contribution >= 4 is 0 Å². The second-order valence-corrected chi connectivity index (χ2v) is 10.1. The Kier molecular flexibility index (Phi) is 11.6. The molecule has 0 heterocycles. The fraction of sp³-hybridized carbons (Fsp3) is 0.379. The van der Waals surface area contributed by atoms with Crippen molar-refractivity contribution in [3.8, 4) is 0 Å². The molecule has 0 aliphatic heterocycles. The Balaban J connectivity index is 0.00000420. The van der Waals surface area contributed by atoms with Crippen LogP contribution >= 0.6 is 0 Å². The Bertz CT molecular complexity index is 1170. The van der Waals surface area contributed by atoms with Crippen molar-refractivity contribution in [1.82, 2.24) is 15.0 Å². The van der Waals surface area contributed by atoms with E-state index in [1.54, 1.807) is 12.1 Å². The first kappa shape index (κ1) is 30.4. The summed E-state index contributed by atoms with van der Waals surface area (Å²) in [6, 6.07) is 29.0. The summed E-state index contributed by atoms with van der Waals surface area (Å²) in [6.07, 6.45) is 2.96. The zero-order chi connectivity index (χ0) is 26.8. The van der Waals surface area contributed by atoms with Gasteiger partial charge in [-0.15, -0.1) is 14.7 Å². The van der Waals surface area contributed by atoms with Gasteiger partial charge in [-0.2, -0.15) is 0 Å². The molecule has 9 nitrogen and oxygen atoms in total. The Morgan fingerprint density at radius 2 is 1.13 bits per heavy atom. The van der Waals surface area contributed by atoms with Crippen LogP contribution in [0.5, 0.6) is 0 Å². The van der Waals surface area contributed by atoms with Crippen LogP contribution < -0.4 is 29.6 Å². The van der Waals surface area contributed by atoms with Gasteiger partial charge in [-0.3, -0.25) is 15.0 Å². The number of nitroso groups, excluding NO2 is 3. The molecule has 0 N–H and O–H groups in total. The summed E-state index contributed by atoms with van der Waals surface area (Å²) in [7, 11) is 1.57. The van der Waals surface area contributed by atoms with Gasteiger partial charge in [0.15, 0.2) is 0 Å². The maximum Gasteiger partial charge on any atom is 1.00 e. The quantitative estimate of drug-likeness (QED) is 0.158. The molecule has 0 saturated heterocycles. The SMILES string of the molecule is CN(CC(Cc1ccccc1)N(CC(Cc1ccccc1)N(CC1(c2ccccc2)CC1)N=O)N=O)N=O.[Na+]. The van der Waals surface area contributed by atoms with Crippen LogP contribution in [0.2, 0.25) is 0 Å². The van der Waals surface area contributed by atoms with E-state index in [0.29, 0.717) is 19.4 Å². The molecule has 4 rings (SSSR count). The molecule has 39 heavy (non-hydrogen) atoms. The molecule has 2 atom stereocenters. The topological polar surface area (TPSA) is 98.0 Å². The van der Waals surface area contributed by atoms with Gasteiger partial charge < -0.3 is 0 Å². The van der Waals surface area contributed by atoms with Crippen molar-refractivity contribution < 1.29 is 29.6 Å². The molecule has 2 unspecified atom stereocenters. The summed E-state index contributed by atoms with van der Waals surface area (Å²) in [5.74, 6) is 0. The smallest absolute Gasteiger partial charge is 0.262 e. The summed E-state index contributed by atoms with van der Waals surface area (Å²) in [5.41, 5.74) is 3.11. The van der Waals surface area contributed by atoms with Crippen molar-refractivity contribution in [1.29, 1.82) is 0 Å². The molecule has 0 amide bonds. The molecular formula is C29H34N6NaO3+. The van der Waals surface area contributed by atoms with Gasteiger partial charge in [0.05, 0.1) is 41.0 Å². The minimum Gasteiger partial charge on any atom is -0.262 e. The largest absolute Gasteiger partial charge is 1.00 e. The van der Waals surface area contributed by atoms with E-state index in [9.17, 15) is 14.7 Å². The van der Waals surface area contributed by atoms with E-state index < -0.39 is 12.1 Å². The van der Waals surface area contributed by atoms with E-state index in [-0.39, 0.29) is 48.1 Å². The van der Waals surface area contributed by atoms with Gasteiger partial charge in [-0.25, -0.2) is 0 Å². The molecule has 1 fully saturated rings. The molecule has 0 aromatic heterocycles. The summed E-state index contributed by atoms with van der Waals surface area (Å²) in [4.78, 5) is 35.8. The monoisotopic (exact) mass is 537 g/mol. The number of hydrogen-bond donors (Lipinski definition) is 0. The van der Waals surface area contributed by atoms with Crippen molar-refractivity contribution in [3.63, 3.8) is 0 Å². The van der Waals surface area contributed by atoms with Crippen LogP contribution in [0.4, 0.5) is 0 Å². The maximum atomic E-state index is 12.3. The molecule has 1 saturated carbocycles. The number of rotatable bonds is 16. The fourth-order valence-electron chi connectivity index (χ4n) is 5.12. The van der Waals surface area contributed by atoms with Crippen molar-refractivity contribution in [2.24, 2.45) is 15.9 Å². The average molecular weight is 538 g/mol. The third-order valence-corrected chi connectivity index (χ3v) is 7.40. The van der Waals surface area contributed by atoms with Gasteiger partial charge in [0.25, 0.3) is 0 Å². The third kappa shape index (κ3) is 8.42. The van der Waals surface area contributed by atoms with Crippen LogP contribution in [-0.4, -0.2) is 53.8 Å². The van der Waals surface area contributed by atoms with Gasteiger partial charge in [-0.05, 0) is 42.4 Å². The van der Waals surface area contributed by atoms with E-state index >= 15 is 0 Å². The van der Waals surface area contributed by atoms with Crippen molar-refractivity contribution in [2.75, 3.05) is 26.7 Å². The van der Waals surface area contributed by atoms with Gasteiger partial charge >= 0.3 is 29.6 Å². The summed E-state index contributed by atoms with van der Waals surface area (Å²) in [6.45, 7) is 0.855. The predicted molar refractivity (Wildman–Crippen MR) is 149 cm³/mol. The summed E-state index contributed by atoms with van der Waals surface area (Å²) < 4.78 is 0. The van der Waals surface area contributed by atoms with E-state index in [1.165, 1.54) is 15.6 Å². The summed E-state index contributed by atoms with van der Waals surface area (Å²) in [5, 5.41) is 14.2. The second-order valence-electron chi connectivity index (χ2n) is 10.1. The minimum atomic E-state index is -0.423. The van der Waals surface area contributed by atoms with E-state index in [1.807, 2.05) is 78.9 Å². The van der Waals surface area contributed by atoms with Crippen LogP contribution in [0.15, 0.2) is 107 Å². The molecule has 1 aliphatic carbocycles. The molecule has 3 aromatic carbocycles. The number of hydrogen-bond acceptors (Lipinski definition) is 6. The fourth-order valence-corrected chi connectivity index (χ4v) is 5.12. The van der Waals surface area contributed by atoms with Crippen LogP contribution in [0, 0.1) is 14.7 Å². The van der Waals surface area contributed by atoms with Gasteiger partial charge in [-0.1, -0.05) is 91.0 Å². The van der Waals surface area contributed by atoms with Crippen molar-refractivity contribution in [3.05, 3.63) is 122 Å². The van der Waals surface area contributed by atoms with Crippen LogP contribution in [-0.2, 0) is 18.3 Å². The normalized spacial score (nSPS) is 14.7. The third-order valence-electron chi connectivity index (χ3n) is 7.40. The average Bonchev–Trinajstić information content (AvgIpc) is 3.76. The Labute approximate surface area is 251 Å². The maximum absolute atomic E-state index is 12.3. The molecule has 198 valence electrons. The van der Waals surface area contributed by atoms with Crippen LogP contribution in [0.3, 0.4) is 0 Å². The molecule has 10 heteroatoms. The minimum absolute atomic E-state index is 0. The van der Waals surface area contributed by atoms with Gasteiger partial charge in [0.1, 0.15) is 0 Å². The van der Waals surface area contributed by atoms with E-state index in [4.69, 9.17) is 0 Å². The molecule has 3 aromatic rings. The first-order chi connectivity index (χ1) is 18.6. The van der Waals surface area contributed by atoms with E-state index in [0.717, 1.165) is 24.0 Å². The first-order valence-electron chi connectivity index (χ1n) is 12.9. The predicted octanol–water partition coefficient (Wildman–Crippen LogP) is 2.52. The second kappa shape index (κ2) is 14.9. The number of likely N-dealkylation sites (N-methyl/N-ethyl adjacent to an activating group) is 1. The van der Waals surface area contributed by atoms with Crippen LogP contribution in [0.1, 0.15) is 29.5 Å². The zero-order valence-electron chi connectivity index (χ0n) is 22.7. The first-order valence-corrected chi connectivity index (χ1v) is 12.9. The number of nitrogens with zero attached hydrogens (tertiary/aromatic N) is 6. The molecule has 0 bridgehead atoms. The molecule has 0 radical (unpaired) electrons. The Morgan fingerprint density at radius 1 is 0.667 bits per heavy atom. The molecule has 0 spiro atoms. The van der Waals surface area contributed by atoms with E-state index in [2.05, 4.69) is 28.0 Å². The van der Waals surface area contributed by atoms with Gasteiger partial charge in [0.2, 0.25) is 0 Å². The Hall–Kier alpha value is -3.14. The van der Waals surface area contributed by atoms with Crippen molar-refractivity contribution in [2.45, 2.75) is 43.2 Å². The zero-order valence-corrected chi connectivity index (χ0v) is 24.7. The Morgan fingerprint density at radius 3 is 1.56 bits per heavy atom. The standard InChI is InChI=1S/C29H34N6O3.Na/c1-33(30-36)21-27(19-24-11-5-2-6-12-24)34(31-37)22-28(20-25-13-7-3-8-14-25)35(32-38)23-29(17-18-29)26-15-9-4-10-16-26;/h2-16,27-28H,17-23H2,1H3;/q;+1. The number of benzene rings is 3. The van der Waals surface area contributed by atoms with Crippen LogP contribution in [0.25, 0.3) is 0 Å². The molecular weight excluding hydrogens is 503 g/mol. The van der Waals surface area contributed by atoms with Gasteiger partial charge in [0, 0.05) is 19.0 Å². The summed E-state index contributed by atoms with van der Waals surface area (Å²) >= 11 is 0. The molecule has 1 aliphatic rings.